The molecule has 30 heavy (non-hydrogen) atoms. The summed E-state index contributed by atoms with van der Waals surface area (Å²) in [6.45, 7) is 5.19. The Hall–Kier alpha value is -2.82. The van der Waals surface area contributed by atoms with Gasteiger partial charge in [0.1, 0.15) is 5.75 Å². The SMILES string of the molecule is CCCCCCOC(=O)c1ccc(NC(=O)CCCOc2ccc(CC)cc2)cc1. The topological polar surface area (TPSA) is 64.6 Å². The van der Waals surface area contributed by atoms with Gasteiger partial charge in [0.25, 0.3) is 0 Å². The number of ether oxygens (including phenoxy) is 2. The molecule has 0 bridgehead atoms. The Morgan fingerprint density at radius 2 is 1.57 bits per heavy atom. The van der Waals surface area contributed by atoms with Crippen LogP contribution < -0.4 is 10.1 Å². The molecule has 0 aromatic heterocycles. The normalized spacial score (nSPS) is 10.5. The van der Waals surface area contributed by atoms with Gasteiger partial charge in [0.05, 0.1) is 18.8 Å². The van der Waals surface area contributed by atoms with E-state index in [9.17, 15) is 9.59 Å². The maximum Gasteiger partial charge on any atom is 0.338 e. The summed E-state index contributed by atoms with van der Waals surface area (Å²) in [4.78, 5) is 24.1. The zero-order valence-electron chi connectivity index (χ0n) is 18.1. The van der Waals surface area contributed by atoms with Gasteiger partial charge in [0.15, 0.2) is 0 Å². The van der Waals surface area contributed by atoms with E-state index in [1.807, 2.05) is 24.3 Å². The zero-order chi connectivity index (χ0) is 21.6. The third kappa shape index (κ3) is 8.68. The molecule has 0 heterocycles. The second-order valence-corrected chi connectivity index (χ2v) is 7.27. The monoisotopic (exact) mass is 411 g/mol. The molecule has 5 nitrogen and oxygen atoms in total. The molecule has 1 N–H and O–H groups in total. The van der Waals surface area contributed by atoms with E-state index in [1.54, 1.807) is 24.3 Å². The number of unbranched alkanes of at least 4 members (excludes halogenated alkanes) is 3. The van der Waals surface area contributed by atoms with E-state index >= 15 is 0 Å². The van der Waals surface area contributed by atoms with Crippen molar-refractivity contribution in [3.8, 4) is 5.75 Å². The molecule has 0 saturated carbocycles. The molecule has 0 radical (unpaired) electrons. The summed E-state index contributed by atoms with van der Waals surface area (Å²) in [5.74, 6) is 0.417. The lowest BCUT2D eigenvalue weighted by atomic mass is 10.2. The molecule has 0 spiro atoms. The molecule has 0 aliphatic heterocycles. The summed E-state index contributed by atoms with van der Waals surface area (Å²) in [5, 5.41) is 2.84. The van der Waals surface area contributed by atoms with E-state index in [0.717, 1.165) is 37.9 Å². The lowest BCUT2D eigenvalue weighted by molar-refractivity contribution is -0.116. The molecule has 2 aromatic rings. The number of rotatable bonds is 13. The van der Waals surface area contributed by atoms with Crippen molar-refractivity contribution in [2.24, 2.45) is 0 Å². The van der Waals surface area contributed by atoms with Crippen molar-refractivity contribution in [3.63, 3.8) is 0 Å². The van der Waals surface area contributed by atoms with Crippen LogP contribution in [0.4, 0.5) is 5.69 Å². The van der Waals surface area contributed by atoms with Gasteiger partial charge in [-0.3, -0.25) is 4.79 Å². The maximum absolute atomic E-state index is 12.1. The van der Waals surface area contributed by atoms with Crippen LogP contribution in [0.15, 0.2) is 48.5 Å². The van der Waals surface area contributed by atoms with Crippen LogP contribution in [0.3, 0.4) is 0 Å². The number of esters is 1. The lowest BCUT2D eigenvalue weighted by Crippen LogP contribution is -2.13. The average Bonchev–Trinajstić information content (AvgIpc) is 2.77. The van der Waals surface area contributed by atoms with Gasteiger partial charge >= 0.3 is 5.97 Å². The first-order chi connectivity index (χ1) is 14.6. The molecule has 2 aromatic carbocycles. The largest absolute Gasteiger partial charge is 0.494 e. The van der Waals surface area contributed by atoms with Crippen LogP contribution in [-0.4, -0.2) is 25.1 Å². The fourth-order valence-electron chi connectivity index (χ4n) is 2.93. The highest BCUT2D eigenvalue weighted by Gasteiger charge is 2.08. The molecular formula is C25H33NO4. The van der Waals surface area contributed by atoms with Gasteiger partial charge in [-0.05, 0) is 61.2 Å². The Morgan fingerprint density at radius 1 is 0.833 bits per heavy atom. The lowest BCUT2D eigenvalue weighted by Gasteiger charge is -2.08. The smallest absolute Gasteiger partial charge is 0.338 e. The summed E-state index contributed by atoms with van der Waals surface area (Å²) in [6.07, 6.45) is 6.28. The molecular weight excluding hydrogens is 378 g/mol. The van der Waals surface area contributed by atoms with Crippen molar-refractivity contribution < 1.29 is 19.1 Å². The molecule has 1 amide bonds. The quantitative estimate of drug-likeness (QED) is 0.335. The minimum atomic E-state index is -0.325. The van der Waals surface area contributed by atoms with Gasteiger partial charge < -0.3 is 14.8 Å². The van der Waals surface area contributed by atoms with Crippen molar-refractivity contribution in [1.29, 1.82) is 0 Å². The summed E-state index contributed by atoms with van der Waals surface area (Å²) in [5.41, 5.74) is 2.43. The van der Waals surface area contributed by atoms with Crippen molar-refractivity contribution in [2.75, 3.05) is 18.5 Å². The molecule has 162 valence electrons. The van der Waals surface area contributed by atoms with Crippen LogP contribution >= 0.6 is 0 Å². The van der Waals surface area contributed by atoms with Gasteiger partial charge in [-0.1, -0.05) is 45.2 Å². The molecule has 0 atom stereocenters. The first kappa shape index (κ1) is 23.5. The van der Waals surface area contributed by atoms with Gasteiger partial charge in [0, 0.05) is 12.1 Å². The van der Waals surface area contributed by atoms with Crippen LogP contribution in [0.2, 0.25) is 0 Å². The molecule has 5 heteroatoms. The number of aryl methyl sites for hydroxylation is 1. The van der Waals surface area contributed by atoms with E-state index in [0.29, 0.717) is 37.3 Å². The van der Waals surface area contributed by atoms with Gasteiger partial charge in [0.2, 0.25) is 5.91 Å². The number of anilines is 1. The number of carbonyl (C=O) groups excluding carboxylic acids is 2. The number of amides is 1. The zero-order valence-corrected chi connectivity index (χ0v) is 18.1. The van der Waals surface area contributed by atoms with Gasteiger partial charge in [-0.15, -0.1) is 0 Å². The fraction of sp³-hybridized carbons (Fsp3) is 0.440. The van der Waals surface area contributed by atoms with Crippen LogP contribution in [0.25, 0.3) is 0 Å². The first-order valence-corrected chi connectivity index (χ1v) is 10.9. The Kier molecular flexibility index (Phi) is 10.5. The molecule has 0 saturated heterocycles. The Morgan fingerprint density at radius 3 is 2.23 bits per heavy atom. The summed E-state index contributed by atoms with van der Waals surface area (Å²) in [6, 6.07) is 14.8. The molecule has 0 unspecified atom stereocenters. The van der Waals surface area contributed by atoms with E-state index in [2.05, 4.69) is 19.2 Å². The number of carbonyl (C=O) groups is 2. The minimum absolute atomic E-state index is 0.0776. The van der Waals surface area contributed by atoms with Crippen molar-refractivity contribution in [1.82, 2.24) is 0 Å². The minimum Gasteiger partial charge on any atom is -0.494 e. The number of hydrogen-bond donors (Lipinski definition) is 1. The van der Waals surface area contributed by atoms with Crippen molar-refractivity contribution in [2.45, 2.75) is 58.8 Å². The van der Waals surface area contributed by atoms with Gasteiger partial charge in [-0.2, -0.15) is 0 Å². The standard InChI is InChI=1S/C25H33NO4/c1-3-5-6-7-18-30-25(28)21-12-14-22(15-13-21)26-24(27)9-8-19-29-23-16-10-20(4-2)11-17-23/h10-17H,3-9,18-19H2,1-2H3,(H,26,27). The second kappa shape index (κ2) is 13.4. The first-order valence-electron chi connectivity index (χ1n) is 10.9. The van der Waals surface area contributed by atoms with E-state index < -0.39 is 0 Å². The predicted octanol–water partition coefficient (Wildman–Crippen LogP) is 5.78. The third-order valence-corrected chi connectivity index (χ3v) is 4.78. The highest BCUT2D eigenvalue weighted by atomic mass is 16.5. The molecule has 0 aliphatic carbocycles. The van der Waals surface area contributed by atoms with Crippen LogP contribution in [0.5, 0.6) is 5.75 Å². The van der Waals surface area contributed by atoms with Gasteiger partial charge in [-0.25, -0.2) is 4.79 Å². The molecule has 0 aliphatic rings. The van der Waals surface area contributed by atoms with E-state index in [1.165, 1.54) is 5.56 Å². The Labute approximate surface area is 179 Å². The fourth-order valence-corrected chi connectivity index (χ4v) is 2.93. The molecule has 0 fully saturated rings. The number of nitrogens with one attached hydrogen (secondary N) is 1. The average molecular weight is 412 g/mol. The van der Waals surface area contributed by atoms with Crippen LogP contribution in [0, 0.1) is 0 Å². The number of hydrogen-bond acceptors (Lipinski definition) is 4. The highest BCUT2D eigenvalue weighted by Crippen LogP contribution is 2.14. The predicted molar refractivity (Wildman–Crippen MR) is 120 cm³/mol. The van der Waals surface area contributed by atoms with Crippen LogP contribution in [0.1, 0.15) is 68.3 Å². The second-order valence-electron chi connectivity index (χ2n) is 7.27. The maximum atomic E-state index is 12.1. The number of benzene rings is 2. The summed E-state index contributed by atoms with van der Waals surface area (Å²) >= 11 is 0. The van der Waals surface area contributed by atoms with Crippen LogP contribution in [-0.2, 0) is 16.0 Å². The Bertz CT molecular complexity index is 769. The van der Waals surface area contributed by atoms with Crippen molar-refractivity contribution in [3.05, 3.63) is 59.7 Å². The summed E-state index contributed by atoms with van der Waals surface area (Å²) < 4.78 is 10.9. The molecule has 2 rings (SSSR count). The van der Waals surface area contributed by atoms with Crippen molar-refractivity contribution >= 4 is 17.6 Å². The van der Waals surface area contributed by atoms with E-state index in [-0.39, 0.29) is 11.9 Å². The van der Waals surface area contributed by atoms with E-state index in [4.69, 9.17) is 9.47 Å². The Balaban J connectivity index is 1.65. The highest BCUT2D eigenvalue weighted by molar-refractivity contribution is 5.93. The third-order valence-electron chi connectivity index (χ3n) is 4.78. The summed E-state index contributed by atoms with van der Waals surface area (Å²) in [7, 11) is 0.